The van der Waals surface area contributed by atoms with Crippen LogP contribution in [0.15, 0.2) is 12.1 Å². The topological polar surface area (TPSA) is 38.3 Å². The number of methoxy groups -OCH3 is 1. The van der Waals surface area contributed by atoms with E-state index in [9.17, 15) is 18.0 Å². The third kappa shape index (κ3) is 4.03. The molecule has 0 aliphatic rings. The summed E-state index contributed by atoms with van der Waals surface area (Å²) in [6, 6.07) is 2.02. The Morgan fingerprint density at radius 2 is 2.00 bits per heavy atom. The van der Waals surface area contributed by atoms with Gasteiger partial charge in [0.15, 0.2) is 17.5 Å². The molecule has 1 amide bonds. The first-order valence-electron chi connectivity index (χ1n) is 5.44. The third-order valence-corrected chi connectivity index (χ3v) is 2.36. The Balaban J connectivity index is 2.45. The molecule has 0 unspecified atom stereocenters. The quantitative estimate of drug-likeness (QED) is 0.793. The number of nitrogens with one attached hydrogen (secondary N) is 1. The first-order chi connectivity index (χ1) is 8.56. The van der Waals surface area contributed by atoms with Gasteiger partial charge in [0.1, 0.15) is 0 Å². The van der Waals surface area contributed by atoms with Crippen LogP contribution < -0.4 is 5.32 Å². The highest BCUT2D eigenvalue weighted by Gasteiger charge is 2.13. The van der Waals surface area contributed by atoms with Gasteiger partial charge in [0.05, 0.1) is 6.61 Å². The number of hydrogen-bond donors (Lipinski definition) is 1. The zero-order chi connectivity index (χ0) is 13.5. The lowest BCUT2D eigenvalue weighted by Crippen LogP contribution is -2.26. The second kappa shape index (κ2) is 7.00. The van der Waals surface area contributed by atoms with Crippen molar-refractivity contribution in [3.8, 4) is 0 Å². The van der Waals surface area contributed by atoms with Gasteiger partial charge >= 0.3 is 0 Å². The van der Waals surface area contributed by atoms with Crippen molar-refractivity contribution in [3.05, 3.63) is 35.1 Å². The molecule has 0 heterocycles. The number of ether oxygens (including phenoxy) is 1. The summed E-state index contributed by atoms with van der Waals surface area (Å²) in [6.07, 6.45) is 0.304. The molecule has 0 aliphatic heterocycles. The zero-order valence-electron chi connectivity index (χ0n) is 9.93. The molecule has 0 radical (unpaired) electrons. The van der Waals surface area contributed by atoms with Crippen LogP contribution in [0.4, 0.5) is 13.2 Å². The van der Waals surface area contributed by atoms with Gasteiger partial charge in [-0.2, -0.15) is 0 Å². The first kappa shape index (κ1) is 14.5. The van der Waals surface area contributed by atoms with Gasteiger partial charge < -0.3 is 10.1 Å². The van der Waals surface area contributed by atoms with E-state index in [2.05, 4.69) is 5.32 Å². The average Bonchev–Trinajstić information content (AvgIpc) is 2.36. The standard InChI is InChI=1S/C12H14F3NO2/c1-18-7-5-10(17)16-6-4-8-2-3-9(13)12(15)11(8)14/h2-3H,4-7H2,1H3,(H,16,17). The Morgan fingerprint density at radius 3 is 2.67 bits per heavy atom. The molecule has 3 nitrogen and oxygen atoms in total. The second-order valence-electron chi connectivity index (χ2n) is 3.68. The summed E-state index contributed by atoms with van der Waals surface area (Å²) in [4.78, 5) is 11.2. The summed E-state index contributed by atoms with van der Waals surface area (Å²) in [5, 5.41) is 2.53. The summed E-state index contributed by atoms with van der Waals surface area (Å²) in [5.74, 6) is -4.15. The van der Waals surface area contributed by atoms with Crippen LogP contribution in [-0.2, 0) is 16.0 Å². The smallest absolute Gasteiger partial charge is 0.222 e. The molecule has 1 aromatic carbocycles. The van der Waals surface area contributed by atoms with Crippen LogP contribution in [0.2, 0.25) is 0 Å². The maximum Gasteiger partial charge on any atom is 0.222 e. The predicted octanol–water partition coefficient (Wildman–Crippen LogP) is 1.80. The molecule has 6 heteroatoms. The average molecular weight is 261 g/mol. The molecule has 0 spiro atoms. The monoisotopic (exact) mass is 261 g/mol. The molecule has 1 rings (SSSR count). The highest BCUT2D eigenvalue weighted by molar-refractivity contribution is 5.75. The lowest BCUT2D eigenvalue weighted by Gasteiger charge is -2.06. The Labute approximate surface area is 103 Å². The van der Waals surface area contributed by atoms with E-state index in [1.807, 2.05) is 0 Å². The van der Waals surface area contributed by atoms with Crippen molar-refractivity contribution in [1.29, 1.82) is 0 Å². The summed E-state index contributed by atoms with van der Waals surface area (Å²) >= 11 is 0. The molecule has 0 bridgehead atoms. The van der Waals surface area contributed by atoms with Gasteiger partial charge in [0.2, 0.25) is 5.91 Å². The molecule has 0 saturated carbocycles. The first-order valence-corrected chi connectivity index (χ1v) is 5.44. The van der Waals surface area contributed by atoms with Crippen molar-refractivity contribution in [2.24, 2.45) is 0 Å². The van der Waals surface area contributed by atoms with E-state index in [-0.39, 0.29) is 30.9 Å². The summed E-state index contributed by atoms with van der Waals surface area (Å²) in [5.41, 5.74) is 0.0286. The van der Waals surface area contributed by atoms with Gasteiger partial charge in [-0.25, -0.2) is 13.2 Å². The molecule has 100 valence electrons. The van der Waals surface area contributed by atoms with E-state index in [1.165, 1.54) is 7.11 Å². The fourth-order valence-electron chi connectivity index (χ4n) is 1.38. The van der Waals surface area contributed by atoms with Crippen LogP contribution in [-0.4, -0.2) is 26.2 Å². The van der Waals surface area contributed by atoms with Crippen molar-refractivity contribution in [3.63, 3.8) is 0 Å². The Kier molecular flexibility index (Phi) is 5.64. The fourth-order valence-corrected chi connectivity index (χ4v) is 1.38. The normalized spacial score (nSPS) is 10.4. The van der Waals surface area contributed by atoms with Gasteiger partial charge in [0, 0.05) is 20.1 Å². The van der Waals surface area contributed by atoms with Gasteiger partial charge in [0.25, 0.3) is 0 Å². The van der Waals surface area contributed by atoms with Crippen molar-refractivity contribution in [2.45, 2.75) is 12.8 Å². The molecule has 0 atom stereocenters. The van der Waals surface area contributed by atoms with Crippen LogP contribution >= 0.6 is 0 Å². The summed E-state index contributed by atoms with van der Waals surface area (Å²) in [7, 11) is 1.48. The van der Waals surface area contributed by atoms with Crippen LogP contribution in [0.3, 0.4) is 0 Å². The summed E-state index contributed by atoms with van der Waals surface area (Å²) < 4.78 is 43.5. The number of hydrogen-bond acceptors (Lipinski definition) is 2. The molecular formula is C12H14F3NO2. The van der Waals surface area contributed by atoms with E-state index in [0.29, 0.717) is 6.61 Å². The van der Waals surface area contributed by atoms with E-state index < -0.39 is 17.5 Å². The Hall–Kier alpha value is -1.56. The molecule has 0 aliphatic carbocycles. The molecular weight excluding hydrogens is 247 g/mol. The predicted molar refractivity (Wildman–Crippen MR) is 59.5 cm³/mol. The van der Waals surface area contributed by atoms with Crippen LogP contribution in [0.25, 0.3) is 0 Å². The van der Waals surface area contributed by atoms with E-state index >= 15 is 0 Å². The van der Waals surface area contributed by atoms with Crippen LogP contribution in [0.1, 0.15) is 12.0 Å². The van der Waals surface area contributed by atoms with Gasteiger partial charge in [-0.15, -0.1) is 0 Å². The third-order valence-electron chi connectivity index (χ3n) is 2.36. The van der Waals surface area contributed by atoms with E-state index in [4.69, 9.17) is 4.74 Å². The molecule has 0 aromatic heterocycles. The lowest BCUT2D eigenvalue weighted by molar-refractivity contribution is -0.121. The van der Waals surface area contributed by atoms with Crippen molar-refractivity contribution in [2.75, 3.05) is 20.3 Å². The minimum Gasteiger partial charge on any atom is -0.384 e. The summed E-state index contributed by atoms with van der Waals surface area (Å²) in [6.45, 7) is 0.454. The molecule has 1 aromatic rings. The van der Waals surface area contributed by atoms with Gasteiger partial charge in [-0.3, -0.25) is 4.79 Å². The fraction of sp³-hybridized carbons (Fsp3) is 0.417. The number of carbonyl (C=O) groups is 1. The van der Waals surface area contributed by atoms with E-state index in [1.54, 1.807) is 0 Å². The highest BCUT2D eigenvalue weighted by Crippen LogP contribution is 2.15. The number of benzene rings is 1. The molecule has 1 N–H and O–H groups in total. The van der Waals surface area contributed by atoms with Crippen molar-refractivity contribution < 1.29 is 22.7 Å². The van der Waals surface area contributed by atoms with Crippen LogP contribution in [0, 0.1) is 17.5 Å². The SMILES string of the molecule is COCCC(=O)NCCc1ccc(F)c(F)c1F. The minimum atomic E-state index is -1.49. The maximum atomic E-state index is 13.2. The molecule has 0 fully saturated rings. The Bertz CT molecular complexity index is 424. The molecule has 18 heavy (non-hydrogen) atoms. The van der Waals surface area contributed by atoms with Gasteiger partial charge in [-0.1, -0.05) is 6.07 Å². The zero-order valence-corrected chi connectivity index (χ0v) is 9.93. The lowest BCUT2D eigenvalue weighted by atomic mass is 10.1. The highest BCUT2D eigenvalue weighted by atomic mass is 19.2. The van der Waals surface area contributed by atoms with E-state index in [0.717, 1.165) is 12.1 Å². The number of halogens is 3. The van der Waals surface area contributed by atoms with Crippen molar-refractivity contribution in [1.82, 2.24) is 5.32 Å². The number of rotatable bonds is 6. The van der Waals surface area contributed by atoms with Crippen molar-refractivity contribution >= 4 is 5.91 Å². The van der Waals surface area contributed by atoms with Gasteiger partial charge in [-0.05, 0) is 18.1 Å². The molecule has 0 saturated heterocycles. The van der Waals surface area contributed by atoms with Crippen LogP contribution in [0.5, 0.6) is 0 Å². The number of amides is 1. The largest absolute Gasteiger partial charge is 0.384 e. The second-order valence-corrected chi connectivity index (χ2v) is 3.68. The number of carbonyl (C=O) groups excluding carboxylic acids is 1. The minimum absolute atomic E-state index is 0.0286. The Morgan fingerprint density at radius 1 is 1.28 bits per heavy atom. The maximum absolute atomic E-state index is 13.2.